The SMILES string of the molecule is CCc1ccc(-c2c(C#N)c(N)nc3sc(C(=O)Nc4cccc(C)n4)c(N)c23)cc1. The minimum atomic E-state index is -0.386. The molecule has 154 valence electrons. The van der Waals surface area contributed by atoms with Crippen molar-refractivity contribution in [1.82, 2.24) is 9.97 Å². The molecular weight excluding hydrogens is 408 g/mol. The molecule has 0 saturated carbocycles. The molecule has 4 aromatic rings. The lowest BCUT2D eigenvalue weighted by molar-refractivity contribution is 0.103. The van der Waals surface area contributed by atoms with Gasteiger partial charge in [-0.3, -0.25) is 4.79 Å². The number of benzene rings is 1. The lowest BCUT2D eigenvalue weighted by Gasteiger charge is -2.10. The van der Waals surface area contributed by atoms with Gasteiger partial charge in [-0.25, -0.2) is 9.97 Å². The van der Waals surface area contributed by atoms with Crippen LogP contribution in [0.5, 0.6) is 0 Å². The Bertz CT molecular complexity index is 1350. The minimum absolute atomic E-state index is 0.109. The van der Waals surface area contributed by atoms with Gasteiger partial charge in [0.25, 0.3) is 5.91 Å². The molecule has 0 bridgehead atoms. The monoisotopic (exact) mass is 428 g/mol. The second kappa shape index (κ2) is 8.05. The molecule has 0 saturated heterocycles. The third-order valence-corrected chi connectivity index (χ3v) is 6.10. The number of carbonyl (C=O) groups is 1. The number of aryl methyl sites for hydroxylation is 2. The fraction of sp³-hybridized carbons (Fsp3) is 0.130. The lowest BCUT2D eigenvalue weighted by Crippen LogP contribution is -2.13. The maximum atomic E-state index is 12.9. The van der Waals surface area contributed by atoms with Gasteiger partial charge in [-0.05, 0) is 36.6 Å². The Morgan fingerprint density at radius 1 is 1.16 bits per heavy atom. The van der Waals surface area contributed by atoms with Crippen LogP contribution in [0.15, 0.2) is 42.5 Å². The van der Waals surface area contributed by atoms with Gasteiger partial charge in [-0.15, -0.1) is 11.3 Å². The Balaban J connectivity index is 1.88. The second-order valence-electron chi connectivity index (χ2n) is 7.05. The average molecular weight is 429 g/mol. The smallest absolute Gasteiger partial charge is 0.269 e. The Morgan fingerprint density at radius 3 is 2.55 bits per heavy atom. The maximum Gasteiger partial charge on any atom is 0.269 e. The number of nitrogen functional groups attached to an aromatic ring is 2. The molecule has 7 nitrogen and oxygen atoms in total. The first-order valence-electron chi connectivity index (χ1n) is 9.68. The van der Waals surface area contributed by atoms with Gasteiger partial charge in [-0.1, -0.05) is 37.3 Å². The highest BCUT2D eigenvalue weighted by molar-refractivity contribution is 7.21. The van der Waals surface area contributed by atoms with Crippen LogP contribution in [-0.2, 0) is 6.42 Å². The van der Waals surface area contributed by atoms with Crippen LogP contribution in [0, 0.1) is 18.3 Å². The molecule has 0 fully saturated rings. The fourth-order valence-corrected chi connectivity index (χ4v) is 4.44. The predicted octanol–water partition coefficient (Wildman–Crippen LogP) is 4.52. The molecule has 0 aliphatic heterocycles. The van der Waals surface area contributed by atoms with Crippen molar-refractivity contribution >= 4 is 44.8 Å². The number of fused-ring (bicyclic) bond motifs is 1. The number of rotatable bonds is 4. The zero-order valence-corrected chi connectivity index (χ0v) is 17.9. The van der Waals surface area contributed by atoms with Crippen LogP contribution in [0.25, 0.3) is 21.3 Å². The van der Waals surface area contributed by atoms with Crippen molar-refractivity contribution in [3.05, 3.63) is 64.2 Å². The Morgan fingerprint density at radius 2 is 1.90 bits per heavy atom. The molecule has 3 heterocycles. The van der Waals surface area contributed by atoms with Gasteiger partial charge < -0.3 is 16.8 Å². The summed E-state index contributed by atoms with van der Waals surface area (Å²) in [7, 11) is 0. The van der Waals surface area contributed by atoms with Crippen molar-refractivity contribution in [2.24, 2.45) is 0 Å². The number of nitrogens with one attached hydrogen (secondary N) is 1. The number of carbonyl (C=O) groups excluding carboxylic acids is 1. The van der Waals surface area contributed by atoms with E-state index >= 15 is 0 Å². The van der Waals surface area contributed by atoms with E-state index in [2.05, 4.69) is 28.3 Å². The van der Waals surface area contributed by atoms with Gasteiger partial charge >= 0.3 is 0 Å². The summed E-state index contributed by atoms with van der Waals surface area (Å²) in [5.74, 6) is 0.156. The third-order valence-electron chi connectivity index (χ3n) is 5.00. The van der Waals surface area contributed by atoms with Gasteiger partial charge in [0.1, 0.15) is 33.0 Å². The van der Waals surface area contributed by atoms with Crippen molar-refractivity contribution in [3.63, 3.8) is 0 Å². The van der Waals surface area contributed by atoms with E-state index in [1.54, 1.807) is 6.07 Å². The van der Waals surface area contributed by atoms with E-state index in [0.29, 0.717) is 26.5 Å². The quantitative estimate of drug-likeness (QED) is 0.438. The maximum absolute atomic E-state index is 12.9. The van der Waals surface area contributed by atoms with E-state index in [1.807, 2.05) is 43.3 Å². The normalized spacial score (nSPS) is 10.7. The first kappa shape index (κ1) is 20.3. The molecule has 1 aromatic carbocycles. The zero-order chi connectivity index (χ0) is 22.1. The van der Waals surface area contributed by atoms with Gasteiger partial charge in [0.2, 0.25) is 0 Å². The number of anilines is 3. The number of nitrogens with two attached hydrogens (primary N) is 2. The van der Waals surface area contributed by atoms with Gasteiger partial charge in [0, 0.05) is 16.6 Å². The van der Waals surface area contributed by atoms with Crippen molar-refractivity contribution in [2.45, 2.75) is 20.3 Å². The van der Waals surface area contributed by atoms with Crippen LogP contribution < -0.4 is 16.8 Å². The van der Waals surface area contributed by atoms with E-state index in [0.717, 1.165) is 29.0 Å². The molecule has 5 N–H and O–H groups in total. The molecule has 8 heteroatoms. The topological polar surface area (TPSA) is 131 Å². The van der Waals surface area contributed by atoms with Crippen LogP contribution in [0.2, 0.25) is 0 Å². The predicted molar refractivity (Wildman–Crippen MR) is 125 cm³/mol. The van der Waals surface area contributed by atoms with E-state index < -0.39 is 0 Å². The number of hydrogen-bond acceptors (Lipinski definition) is 7. The standard InChI is InChI=1S/C23H20N6OS/c1-3-13-7-9-14(10-8-13)17-15(11-24)21(26)29-23-18(17)19(25)20(31-23)22(30)28-16-6-4-5-12(2)27-16/h4-10H,3,25H2,1-2H3,(H2,26,29)(H,27,28,30). The number of amides is 1. The number of hydrogen-bond donors (Lipinski definition) is 3. The van der Waals surface area contributed by atoms with E-state index in [-0.39, 0.29) is 23.0 Å². The summed E-state index contributed by atoms with van der Waals surface area (Å²) in [5.41, 5.74) is 16.4. The van der Waals surface area contributed by atoms with Crippen molar-refractivity contribution in [2.75, 3.05) is 16.8 Å². The molecule has 0 spiro atoms. The highest BCUT2D eigenvalue weighted by atomic mass is 32.1. The molecule has 0 aliphatic rings. The number of pyridine rings is 2. The van der Waals surface area contributed by atoms with Crippen molar-refractivity contribution in [1.29, 1.82) is 5.26 Å². The molecule has 0 aliphatic carbocycles. The lowest BCUT2D eigenvalue weighted by atomic mass is 9.96. The number of thiophene rings is 1. The van der Waals surface area contributed by atoms with E-state index in [9.17, 15) is 10.1 Å². The first-order valence-corrected chi connectivity index (χ1v) is 10.5. The minimum Gasteiger partial charge on any atom is -0.397 e. The highest BCUT2D eigenvalue weighted by Crippen LogP contribution is 2.42. The summed E-state index contributed by atoms with van der Waals surface area (Å²) in [6.45, 7) is 3.92. The number of aromatic nitrogens is 2. The zero-order valence-electron chi connectivity index (χ0n) is 17.1. The molecule has 0 atom stereocenters. The molecule has 1 amide bonds. The summed E-state index contributed by atoms with van der Waals surface area (Å²) in [5, 5.41) is 13.1. The number of nitriles is 1. The highest BCUT2D eigenvalue weighted by Gasteiger charge is 2.24. The third kappa shape index (κ3) is 3.67. The Kier molecular flexibility index (Phi) is 5.28. The van der Waals surface area contributed by atoms with Crippen molar-refractivity contribution in [3.8, 4) is 17.2 Å². The molecule has 31 heavy (non-hydrogen) atoms. The van der Waals surface area contributed by atoms with Crippen LogP contribution in [-0.4, -0.2) is 15.9 Å². The summed E-state index contributed by atoms with van der Waals surface area (Å²) in [6.07, 6.45) is 0.900. The Labute approximate surface area is 183 Å². The second-order valence-corrected chi connectivity index (χ2v) is 8.05. The summed E-state index contributed by atoms with van der Waals surface area (Å²) >= 11 is 1.14. The fourth-order valence-electron chi connectivity index (χ4n) is 3.43. The van der Waals surface area contributed by atoms with Gasteiger partial charge in [-0.2, -0.15) is 5.26 Å². The van der Waals surface area contributed by atoms with Crippen LogP contribution >= 0.6 is 11.3 Å². The summed E-state index contributed by atoms with van der Waals surface area (Å²) < 4.78 is 0. The van der Waals surface area contributed by atoms with Crippen LogP contribution in [0.3, 0.4) is 0 Å². The molecule has 3 aromatic heterocycles. The first-order chi connectivity index (χ1) is 14.9. The number of nitrogens with zero attached hydrogens (tertiary/aromatic N) is 3. The van der Waals surface area contributed by atoms with Crippen LogP contribution in [0.4, 0.5) is 17.3 Å². The molecule has 0 unspecified atom stereocenters. The molecular formula is C23H20N6OS. The van der Waals surface area contributed by atoms with Gasteiger partial charge in [0.05, 0.1) is 5.69 Å². The molecule has 4 rings (SSSR count). The average Bonchev–Trinajstić information content (AvgIpc) is 3.08. The Hall–Kier alpha value is -3.96. The van der Waals surface area contributed by atoms with E-state index in [1.165, 1.54) is 5.56 Å². The summed E-state index contributed by atoms with van der Waals surface area (Å²) in [6, 6.07) is 15.4. The summed E-state index contributed by atoms with van der Waals surface area (Å²) in [4.78, 5) is 22.4. The molecule has 0 radical (unpaired) electrons. The van der Waals surface area contributed by atoms with Crippen LogP contribution in [0.1, 0.15) is 33.4 Å². The van der Waals surface area contributed by atoms with E-state index in [4.69, 9.17) is 11.5 Å². The van der Waals surface area contributed by atoms with Crippen molar-refractivity contribution < 1.29 is 4.79 Å². The largest absolute Gasteiger partial charge is 0.397 e. The van der Waals surface area contributed by atoms with Gasteiger partial charge in [0.15, 0.2) is 0 Å².